The van der Waals surface area contributed by atoms with Gasteiger partial charge in [-0.2, -0.15) is 0 Å². The third-order valence-corrected chi connectivity index (χ3v) is 3.61. The van der Waals surface area contributed by atoms with Crippen LogP contribution in [0.4, 0.5) is 0 Å². The molecule has 1 unspecified atom stereocenters. The van der Waals surface area contributed by atoms with Crippen molar-refractivity contribution < 1.29 is 9.59 Å². The van der Waals surface area contributed by atoms with Gasteiger partial charge in [-0.15, -0.1) is 12.4 Å². The van der Waals surface area contributed by atoms with Crippen LogP contribution in [-0.2, 0) is 4.79 Å². The maximum atomic E-state index is 12.5. The Morgan fingerprint density at radius 1 is 0.920 bits per heavy atom. The number of halogens is 1. The van der Waals surface area contributed by atoms with Gasteiger partial charge in [0.2, 0.25) is 5.91 Å². The molecule has 2 amide bonds. The number of hydrogen-bond acceptors (Lipinski definition) is 3. The Morgan fingerprint density at radius 2 is 1.52 bits per heavy atom. The summed E-state index contributed by atoms with van der Waals surface area (Å²) in [7, 11) is 1.87. The predicted octanol–water partition coefficient (Wildman–Crippen LogP) is 2.31. The summed E-state index contributed by atoms with van der Waals surface area (Å²) >= 11 is 0. The summed E-state index contributed by atoms with van der Waals surface area (Å²) in [4.78, 5) is 24.9. The first-order valence-electron chi connectivity index (χ1n) is 8.05. The van der Waals surface area contributed by atoms with Gasteiger partial charge in [0.1, 0.15) is 6.04 Å². The SMILES string of the molecule is CNCCCNC(=O)C(NC(=O)c1ccccc1)c1ccccc1.Cl. The number of hydrogen-bond donors (Lipinski definition) is 3. The minimum absolute atomic E-state index is 0. The number of carbonyl (C=O) groups excluding carboxylic acids is 2. The van der Waals surface area contributed by atoms with Crippen LogP contribution in [0.15, 0.2) is 60.7 Å². The van der Waals surface area contributed by atoms with Crippen molar-refractivity contribution in [3.63, 3.8) is 0 Å². The minimum Gasteiger partial charge on any atom is -0.354 e. The molecule has 0 saturated heterocycles. The van der Waals surface area contributed by atoms with E-state index in [1.807, 2.05) is 43.4 Å². The van der Waals surface area contributed by atoms with E-state index in [1.54, 1.807) is 24.3 Å². The fourth-order valence-electron chi connectivity index (χ4n) is 2.33. The van der Waals surface area contributed by atoms with E-state index in [1.165, 1.54) is 0 Å². The Labute approximate surface area is 154 Å². The molecular weight excluding hydrogens is 338 g/mol. The van der Waals surface area contributed by atoms with Crippen LogP contribution in [-0.4, -0.2) is 32.0 Å². The van der Waals surface area contributed by atoms with Crippen LogP contribution in [0.25, 0.3) is 0 Å². The molecule has 0 aliphatic heterocycles. The third-order valence-electron chi connectivity index (χ3n) is 3.61. The average Bonchev–Trinajstić information content (AvgIpc) is 2.64. The highest BCUT2D eigenvalue weighted by atomic mass is 35.5. The highest BCUT2D eigenvalue weighted by Gasteiger charge is 2.22. The predicted molar refractivity (Wildman–Crippen MR) is 102 cm³/mol. The largest absolute Gasteiger partial charge is 0.354 e. The van der Waals surface area contributed by atoms with Gasteiger partial charge in [0.05, 0.1) is 0 Å². The van der Waals surface area contributed by atoms with E-state index >= 15 is 0 Å². The molecule has 0 aliphatic rings. The van der Waals surface area contributed by atoms with E-state index in [-0.39, 0.29) is 24.2 Å². The highest BCUT2D eigenvalue weighted by molar-refractivity contribution is 5.97. The van der Waals surface area contributed by atoms with Crippen molar-refractivity contribution >= 4 is 24.2 Å². The van der Waals surface area contributed by atoms with Crippen LogP contribution in [0.2, 0.25) is 0 Å². The molecule has 25 heavy (non-hydrogen) atoms. The molecule has 2 rings (SSSR count). The Bertz CT molecular complexity index is 650. The van der Waals surface area contributed by atoms with Crippen molar-refractivity contribution in [1.29, 1.82) is 0 Å². The lowest BCUT2D eigenvalue weighted by atomic mass is 10.1. The summed E-state index contributed by atoms with van der Waals surface area (Å²) in [6.07, 6.45) is 0.830. The molecule has 6 heteroatoms. The molecule has 5 nitrogen and oxygen atoms in total. The first kappa shape index (κ1) is 20.7. The molecule has 3 N–H and O–H groups in total. The van der Waals surface area contributed by atoms with E-state index in [4.69, 9.17) is 0 Å². The molecule has 134 valence electrons. The van der Waals surface area contributed by atoms with Crippen LogP contribution in [0, 0.1) is 0 Å². The van der Waals surface area contributed by atoms with Gasteiger partial charge in [0, 0.05) is 12.1 Å². The maximum Gasteiger partial charge on any atom is 0.252 e. The van der Waals surface area contributed by atoms with Gasteiger partial charge in [0.25, 0.3) is 5.91 Å². The molecule has 0 bridgehead atoms. The molecule has 0 heterocycles. The molecule has 0 fully saturated rings. The number of benzene rings is 2. The summed E-state index contributed by atoms with van der Waals surface area (Å²) in [6.45, 7) is 1.39. The number of amides is 2. The molecule has 2 aromatic carbocycles. The summed E-state index contributed by atoms with van der Waals surface area (Å²) in [6, 6.07) is 17.4. The van der Waals surface area contributed by atoms with E-state index < -0.39 is 6.04 Å². The van der Waals surface area contributed by atoms with Gasteiger partial charge in [0.15, 0.2) is 0 Å². The number of carbonyl (C=O) groups is 2. The zero-order valence-corrected chi connectivity index (χ0v) is 15.0. The second kappa shape index (κ2) is 11.2. The molecule has 1 atom stereocenters. The summed E-state index contributed by atoms with van der Waals surface area (Å²) in [5.74, 6) is -0.476. The van der Waals surface area contributed by atoms with Crippen LogP contribution < -0.4 is 16.0 Å². The fraction of sp³-hybridized carbons (Fsp3) is 0.263. The summed E-state index contributed by atoms with van der Waals surface area (Å²) < 4.78 is 0. The Balaban J connectivity index is 0.00000312. The van der Waals surface area contributed by atoms with Crippen molar-refractivity contribution in [2.24, 2.45) is 0 Å². The van der Waals surface area contributed by atoms with Crippen molar-refractivity contribution in [3.05, 3.63) is 71.8 Å². The zero-order valence-electron chi connectivity index (χ0n) is 14.2. The molecule has 0 radical (unpaired) electrons. The van der Waals surface area contributed by atoms with Gasteiger partial charge in [-0.25, -0.2) is 0 Å². The third kappa shape index (κ3) is 6.57. The minimum atomic E-state index is -0.714. The monoisotopic (exact) mass is 361 g/mol. The van der Waals surface area contributed by atoms with Crippen LogP contribution in [0.3, 0.4) is 0 Å². The normalized spacial score (nSPS) is 11.1. The Kier molecular flexibility index (Phi) is 9.29. The van der Waals surface area contributed by atoms with Crippen molar-refractivity contribution in [2.75, 3.05) is 20.1 Å². The summed E-state index contributed by atoms with van der Waals surface area (Å²) in [5.41, 5.74) is 1.29. The lowest BCUT2D eigenvalue weighted by Gasteiger charge is -2.19. The van der Waals surface area contributed by atoms with E-state index in [9.17, 15) is 9.59 Å². The molecule has 0 aromatic heterocycles. The highest BCUT2D eigenvalue weighted by Crippen LogP contribution is 2.14. The smallest absolute Gasteiger partial charge is 0.252 e. The lowest BCUT2D eigenvalue weighted by Crippen LogP contribution is -2.41. The van der Waals surface area contributed by atoms with Crippen molar-refractivity contribution in [2.45, 2.75) is 12.5 Å². The molecular formula is C19H24ClN3O2. The molecule has 0 saturated carbocycles. The summed E-state index contributed by atoms with van der Waals surface area (Å²) in [5, 5.41) is 8.74. The van der Waals surface area contributed by atoms with Gasteiger partial charge < -0.3 is 16.0 Å². The fourth-order valence-corrected chi connectivity index (χ4v) is 2.33. The van der Waals surface area contributed by atoms with Gasteiger partial charge in [-0.3, -0.25) is 9.59 Å². The lowest BCUT2D eigenvalue weighted by molar-refractivity contribution is -0.123. The van der Waals surface area contributed by atoms with Crippen molar-refractivity contribution in [3.8, 4) is 0 Å². The van der Waals surface area contributed by atoms with Crippen molar-refractivity contribution in [1.82, 2.24) is 16.0 Å². The second-order valence-electron chi connectivity index (χ2n) is 5.43. The first-order valence-corrected chi connectivity index (χ1v) is 8.05. The van der Waals surface area contributed by atoms with Gasteiger partial charge in [-0.05, 0) is 37.7 Å². The van der Waals surface area contributed by atoms with Crippen LogP contribution in [0.1, 0.15) is 28.4 Å². The second-order valence-corrected chi connectivity index (χ2v) is 5.43. The quantitative estimate of drug-likeness (QED) is 0.632. The molecule has 0 spiro atoms. The van der Waals surface area contributed by atoms with E-state index in [0.29, 0.717) is 12.1 Å². The first-order chi connectivity index (χ1) is 11.7. The average molecular weight is 362 g/mol. The zero-order chi connectivity index (χ0) is 17.2. The maximum absolute atomic E-state index is 12.5. The van der Waals surface area contributed by atoms with Crippen LogP contribution in [0.5, 0.6) is 0 Å². The van der Waals surface area contributed by atoms with Gasteiger partial charge >= 0.3 is 0 Å². The Hall–Kier alpha value is -2.37. The number of nitrogens with one attached hydrogen (secondary N) is 3. The standard InChI is InChI=1S/C19H23N3O2.ClH/c1-20-13-8-14-21-19(24)17(15-9-4-2-5-10-15)22-18(23)16-11-6-3-7-12-16;/h2-7,9-12,17,20H,8,13-14H2,1H3,(H,21,24)(H,22,23);1H. The molecule has 2 aromatic rings. The van der Waals surface area contributed by atoms with E-state index in [0.717, 1.165) is 18.5 Å². The topological polar surface area (TPSA) is 70.2 Å². The Morgan fingerprint density at radius 3 is 2.12 bits per heavy atom. The number of rotatable bonds is 8. The van der Waals surface area contributed by atoms with Gasteiger partial charge in [-0.1, -0.05) is 48.5 Å². The van der Waals surface area contributed by atoms with E-state index in [2.05, 4.69) is 16.0 Å². The molecule has 0 aliphatic carbocycles. The van der Waals surface area contributed by atoms with Crippen LogP contribution >= 0.6 is 12.4 Å².